The van der Waals surface area contributed by atoms with Crippen LogP contribution in [0.15, 0.2) is 0 Å². The van der Waals surface area contributed by atoms with Crippen molar-refractivity contribution in [2.75, 3.05) is 13.1 Å². The van der Waals surface area contributed by atoms with Gasteiger partial charge in [0.1, 0.15) is 0 Å². The first kappa shape index (κ1) is 13.8. The molecule has 3 nitrogen and oxygen atoms in total. The smallest absolute Gasteiger partial charge is 0.0956 e. The SMILES string of the molecule is O[C@H]1[C@H](N2CCCCC2)[C@@H](C2CCCCC2)C[C@H]1O. The van der Waals surface area contributed by atoms with Crippen LogP contribution >= 0.6 is 0 Å². The average Bonchev–Trinajstić information content (AvgIpc) is 2.77. The fourth-order valence-electron chi connectivity index (χ4n) is 4.78. The van der Waals surface area contributed by atoms with Crippen LogP contribution in [0.5, 0.6) is 0 Å². The molecule has 3 fully saturated rings. The average molecular weight is 267 g/mol. The van der Waals surface area contributed by atoms with Crippen molar-refractivity contribution in [2.24, 2.45) is 11.8 Å². The molecule has 1 heterocycles. The van der Waals surface area contributed by atoms with Gasteiger partial charge in [-0.25, -0.2) is 0 Å². The normalized spacial score (nSPS) is 42.6. The van der Waals surface area contributed by atoms with Crippen molar-refractivity contribution in [3.63, 3.8) is 0 Å². The predicted octanol–water partition coefficient (Wildman–Crippen LogP) is 2.16. The minimum atomic E-state index is -0.509. The highest BCUT2D eigenvalue weighted by Gasteiger charge is 2.47. The molecule has 2 aliphatic carbocycles. The lowest BCUT2D eigenvalue weighted by molar-refractivity contribution is -0.0154. The van der Waals surface area contributed by atoms with Crippen LogP contribution in [0.4, 0.5) is 0 Å². The van der Waals surface area contributed by atoms with E-state index in [4.69, 9.17) is 0 Å². The van der Waals surface area contributed by atoms with Crippen molar-refractivity contribution >= 4 is 0 Å². The van der Waals surface area contributed by atoms with Gasteiger partial charge in [0.15, 0.2) is 0 Å². The molecular weight excluding hydrogens is 238 g/mol. The van der Waals surface area contributed by atoms with Crippen molar-refractivity contribution < 1.29 is 10.2 Å². The fourth-order valence-corrected chi connectivity index (χ4v) is 4.78. The van der Waals surface area contributed by atoms with Gasteiger partial charge in [-0.1, -0.05) is 38.5 Å². The van der Waals surface area contributed by atoms with Crippen molar-refractivity contribution in [1.29, 1.82) is 0 Å². The third-order valence-corrected chi connectivity index (χ3v) is 5.76. The molecule has 0 aromatic heterocycles. The van der Waals surface area contributed by atoms with Crippen LogP contribution in [-0.4, -0.2) is 46.5 Å². The summed E-state index contributed by atoms with van der Waals surface area (Å²) >= 11 is 0. The molecule has 4 atom stereocenters. The summed E-state index contributed by atoms with van der Waals surface area (Å²) in [5.74, 6) is 1.27. The third-order valence-electron chi connectivity index (χ3n) is 5.76. The van der Waals surface area contributed by atoms with Gasteiger partial charge in [-0.3, -0.25) is 4.90 Å². The van der Waals surface area contributed by atoms with Crippen LogP contribution in [0, 0.1) is 11.8 Å². The molecule has 0 amide bonds. The Bertz CT molecular complexity index is 284. The minimum absolute atomic E-state index is 0.235. The summed E-state index contributed by atoms with van der Waals surface area (Å²) in [6.07, 6.45) is 10.4. The summed E-state index contributed by atoms with van der Waals surface area (Å²) in [5.41, 5.74) is 0. The first-order valence-corrected chi connectivity index (χ1v) is 8.37. The van der Waals surface area contributed by atoms with E-state index in [0.717, 1.165) is 25.4 Å². The Hall–Kier alpha value is -0.120. The lowest BCUT2D eigenvalue weighted by atomic mass is 9.77. The molecule has 0 radical (unpaired) electrons. The highest BCUT2D eigenvalue weighted by Crippen LogP contribution is 2.42. The first-order chi connectivity index (χ1) is 9.27. The standard InChI is InChI=1S/C16H29NO2/c18-14-11-13(12-7-3-1-4-8-12)15(16(14)19)17-9-5-2-6-10-17/h12-16,18-19H,1-11H2/t13-,14-,15-,16-/m1/s1. The molecule has 2 saturated carbocycles. The molecule has 110 valence electrons. The summed E-state index contributed by atoms with van der Waals surface area (Å²) < 4.78 is 0. The highest BCUT2D eigenvalue weighted by atomic mass is 16.3. The number of hydrogen-bond acceptors (Lipinski definition) is 3. The van der Waals surface area contributed by atoms with Crippen molar-refractivity contribution in [3.8, 4) is 0 Å². The van der Waals surface area contributed by atoms with E-state index in [9.17, 15) is 10.2 Å². The molecule has 0 aromatic rings. The van der Waals surface area contributed by atoms with Crippen molar-refractivity contribution in [2.45, 2.75) is 76.0 Å². The van der Waals surface area contributed by atoms with E-state index >= 15 is 0 Å². The number of aliphatic hydroxyl groups is 2. The minimum Gasteiger partial charge on any atom is -0.390 e. The van der Waals surface area contributed by atoms with E-state index in [1.807, 2.05) is 0 Å². The Balaban J connectivity index is 1.72. The number of nitrogens with zero attached hydrogens (tertiary/aromatic N) is 1. The van der Waals surface area contributed by atoms with Crippen LogP contribution in [0.1, 0.15) is 57.8 Å². The van der Waals surface area contributed by atoms with E-state index in [1.165, 1.54) is 51.4 Å². The molecule has 0 bridgehead atoms. The van der Waals surface area contributed by atoms with Gasteiger partial charge in [0, 0.05) is 6.04 Å². The van der Waals surface area contributed by atoms with Crippen LogP contribution in [-0.2, 0) is 0 Å². The molecule has 3 aliphatic rings. The van der Waals surface area contributed by atoms with Crippen LogP contribution in [0.2, 0.25) is 0 Å². The first-order valence-electron chi connectivity index (χ1n) is 8.37. The molecule has 3 rings (SSSR count). The summed E-state index contributed by atoms with van der Waals surface area (Å²) in [6.45, 7) is 2.25. The topological polar surface area (TPSA) is 43.7 Å². The maximum atomic E-state index is 10.4. The number of piperidine rings is 1. The van der Waals surface area contributed by atoms with E-state index < -0.39 is 12.2 Å². The van der Waals surface area contributed by atoms with E-state index in [2.05, 4.69) is 4.90 Å². The highest BCUT2D eigenvalue weighted by molar-refractivity contribution is 5.00. The van der Waals surface area contributed by atoms with Gasteiger partial charge in [0.25, 0.3) is 0 Å². The molecule has 19 heavy (non-hydrogen) atoms. The molecule has 1 aliphatic heterocycles. The van der Waals surface area contributed by atoms with Gasteiger partial charge >= 0.3 is 0 Å². The van der Waals surface area contributed by atoms with E-state index in [-0.39, 0.29) is 6.04 Å². The largest absolute Gasteiger partial charge is 0.390 e. The molecule has 3 heteroatoms. The molecule has 0 unspecified atom stereocenters. The number of likely N-dealkylation sites (tertiary alicyclic amines) is 1. The van der Waals surface area contributed by atoms with Crippen LogP contribution < -0.4 is 0 Å². The van der Waals surface area contributed by atoms with Gasteiger partial charge in [0.05, 0.1) is 12.2 Å². The predicted molar refractivity (Wildman–Crippen MR) is 75.9 cm³/mol. The second-order valence-electron chi connectivity index (χ2n) is 6.94. The molecule has 1 saturated heterocycles. The second kappa shape index (κ2) is 6.11. The zero-order chi connectivity index (χ0) is 13.2. The van der Waals surface area contributed by atoms with Gasteiger partial charge in [0.2, 0.25) is 0 Å². The lowest BCUT2D eigenvalue weighted by Crippen LogP contribution is -2.49. The zero-order valence-electron chi connectivity index (χ0n) is 12.0. The Morgan fingerprint density at radius 3 is 2.11 bits per heavy atom. The molecule has 0 aromatic carbocycles. The van der Waals surface area contributed by atoms with Gasteiger partial charge < -0.3 is 10.2 Å². The number of rotatable bonds is 2. The van der Waals surface area contributed by atoms with Crippen LogP contribution in [0.3, 0.4) is 0 Å². The van der Waals surface area contributed by atoms with Crippen molar-refractivity contribution in [1.82, 2.24) is 4.90 Å². The van der Waals surface area contributed by atoms with Gasteiger partial charge in [-0.2, -0.15) is 0 Å². The second-order valence-corrected chi connectivity index (χ2v) is 6.94. The Morgan fingerprint density at radius 1 is 0.789 bits per heavy atom. The summed E-state index contributed by atoms with van der Waals surface area (Å²) in [4.78, 5) is 2.49. The third kappa shape index (κ3) is 2.84. The maximum Gasteiger partial charge on any atom is 0.0956 e. The monoisotopic (exact) mass is 267 g/mol. The lowest BCUT2D eigenvalue weighted by Gasteiger charge is -2.40. The summed E-state index contributed by atoms with van der Waals surface area (Å²) in [7, 11) is 0. The summed E-state index contributed by atoms with van der Waals surface area (Å²) in [6, 6.07) is 0.235. The Kier molecular flexibility index (Phi) is 4.45. The zero-order valence-corrected chi connectivity index (χ0v) is 12.0. The molecule has 0 spiro atoms. The van der Waals surface area contributed by atoms with E-state index in [1.54, 1.807) is 0 Å². The summed E-state index contributed by atoms with van der Waals surface area (Å²) in [5, 5.41) is 20.5. The van der Waals surface area contributed by atoms with E-state index in [0.29, 0.717) is 5.92 Å². The van der Waals surface area contributed by atoms with Gasteiger partial charge in [-0.15, -0.1) is 0 Å². The quantitative estimate of drug-likeness (QED) is 0.806. The molecular formula is C16H29NO2. The van der Waals surface area contributed by atoms with Gasteiger partial charge in [-0.05, 0) is 44.2 Å². The fraction of sp³-hybridized carbons (Fsp3) is 1.00. The maximum absolute atomic E-state index is 10.4. The number of aliphatic hydroxyl groups excluding tert-OH is 2. The molecule has 2 N–H and O–H groups in total. The Labute approximate surface area is 117 Å². The van der Waals surface area contributed by atoms with Crippen LogP contribution in [0.25, 0.3) is 0 Å². The Morgan fingerprint density at radius 2 is 1.42 bits per heavy atom. The van der Waals surface area contributed by atoms with Crippen molar-refractivity contribution in [3.05, 3.63) is 0 Å². The number of hydrogen-bond donors (Lipinski definition) is 2.